The van der Waals surface area contributed by atoms with Crippen LogP contribution in [0, 0.1) is 17.8 Å². The number of rotatable bonds is 3. The molecule has 1 aliphatic carbocycles. The molecule has 1 unspecified atom stereocenters. The molecule has 0 radical (unpaired) electrons. The van der Waals surface area contributed by atoms with Crippen molar-refractivity contribution in [2.24, 2.45) is 17.8 Å². The molecule has 78 valence electrons. The van der Waals surface area contributed by atoms with Gasteiger partial charge in [0.2, 0.25) is 11.8 Å². The molecule has 1 heterocycles. The van der Waals surface area contributed by atoms with Crippen LogP contribution in [0.2, 0.25) is 0 Å². The molecule has 3 atom stereocenters. The van der Waals surface area contributed by atoms with Gasteiger partial charge >= 0.3 is 0 Å². The first kappa shape index (κ1) is 9.45. The predicted octanol–water partition coefficient (Wildman–Crippen LogP) is -1.69. The molecular formula is C9H15N3O2. The summed E-state index contributed by atoms with van der Waals surface area (Å²) >= 11 is 0. The van der Waals surface area contributed by atoms with Gasteiger partial charge in [-0.2, -0.15) is 0 Å². The summed E-state index contributed by atoms with van der Waals surface area (Å²) < 4.78 is 0. The standard InChI is InChI=1S/C9H15N3O2/c1-10-7(13)4-12-9(14)8-5-2-11-3-6(5)8/h5-6,8,11H,2-4H2,1H3,(H,10,13)(H,12,14)/t5-,6+,8?. The minimum atomic E-state index is -0.151. The molecule has 1 saturated carbocycles. The van der Waals surface area contributed by atoms with Crippen molar-refractivity contribution in [2.75, 3.05) is 26.7 Å². The van der Waals surface area contributed by atoms with E-state index in [0.717, 1.165) is 13.1 Å². The first-order valence-electron chi connectivity index (χ1n) is 4.93. The van der Waals surface area contributed by atoms with E-state index in [1.54, 1.807) is 7.05 Å². The Balaban J connectivity index is 1.72. The van der Waals surface area contributed by atoms with E-state index in [9.17, 15) is 9.59 Å². The average Bonchev–Trinajstić information content (AvgIpc) is 2.68. The number of hydrogen-bond donors (Lipinski definition) is 3. The van der Waals surface area contributed by atoms with Gasteiger partial charge in [0.1, 0.15) is 0 Å². The fourth-order valence-electron chi connectivity index (χ4n) is 2.18. The summed E-state index contributed by atoms with van der Waals surface area (Å²) in [5.74, 6) is 1.06. The lowest BCUT2D eigenvalue weighted by Gasteiger charge is -2.05. The van der Waals surface area contributed by atoms with Crippen LogP contribution in [0.15, 0.2) is 0 Å². The Kier molecular flexibility index (Phi) is 2.41. The highest BCUT2D eigenvalue weighted by Gasteiger charge is 2.56. The Labute approximate surface area is 82.6 Å². The molecule has 0 spiro atoms. The van der Waals surface area contributed by atoms with Gasteiger partial charge in [-0.15, -0.1) is 0 Å². The summed E-state index contributed by atoms with van der Waals surface area (Å²) in [6, 6.07) is 0. The quantitative estimate of drug-likeness (QED) is 0.506. The van der Waals surface area contributed by atoms with Crippen LogP contribution in [0.4, 0.5) is 0 Å². The van der Waals surface area contributed by atoms with E-state index in [2.05, 4.69) is 16.0 Å². The van der Waals surface area contributed by atoms with Gasteiger partial charge in [-0.3, -0.25) is 9.59 Å². The summed E-state index contributed by atoms with van der Waals surface area (Å²) in [6.07, 6.45) is 0. The maximum atomic E-state index is 11.5. The van der Waals surface area contributed by atoms with Crippen LogP contribution in [-0.2, 0) is 9.59 Å². The van der Waals surface area contributed by atoms with Crippen molar-refractivity contribution < 1.29 is 9.59 Å². The van der Waals surface area contributed by atoms with E-state index in [-0.39, 0.29) is 24.3 Å². The monoisotopic (exact) mass is 197 g/mol. The molecule has 2 rings (SSSR count). The second kappa shape index (κ2) is 3.57. The molecule has 0 aromatic heterocycles. The summed E-state index contributed by atoms with van der Waals surface area (Å²) in [4.78, 5) is 22.4. The van der Waals surface area contributed by atoms with E-state index < -0.39 is 0 Å². The smallest absolute Gasteiger partial charge is 0.239 e. The van der Waals surface area contributed by atoms with E-state index in [4.69, 9.17) is 0 Å². The highest BCUT2D eigenvalue weighted by Crippen LogP contribution is 2.48. The lowest BCUT2D eigenvalue weighted by atomic mass is 10.2. The molecule has 5 nitrogen and oxygen atoms in total. The minimum absolute atomic E-state index is 0.0325. The molecular weight excluding hydrogens is 182 g/mol. The van der Waals surface area contributed by atoms with Crippen LogP contribution in [0.25, 0.3) is 0 Å². The van der Waals surface area contributed by atoms with E-state index >= 15 is 0 Å². The van der Waals surface area contributed by atoms with Crippen LogP contribution >= 0.6 is 0 Å². The van der Waals surface area contributed by atoms with Crippen molar-refractivity contribution in [3.63, 3.8) is 0 Å². The molecule has 0 aromatic carbocycles. The van der Waals surface area contributed by atoms with Gasteiger partial charge in [0, 0.05) is 13.0 Å². The average molecular weight is 197 g/mol. The normalized spacial score (nSPS) is 33.4. The summed E-state index contributed by atoms with van der Waals surface area (Å²) in [5, 5.41) is 8.33. The molecule has 1 saturated heterocycles. The van der Waals surface area contributed by atoms with Gasteiger partial charge in [0.25, 0.3) is 0 Å². The van der Waals surface area contributed by atoms with Crippen molar-refractivity contribution in [3.05, 3.63) is 0 Å². The lowest BCUT2D eigenvalue weighted by molar-refractivity contribution is -0.127. The second-order valence-electron chi connectivity index (χ2n) is 3.90. The molecule has 0 aromatic rings. The third kappa shape index (κ3) is 1.59. The maximum Gasteiger partial charge on any atom is 0.239 e. The Morgan fingerprint density at radius 2 is 2.00 bits per heavy atom. The van der Waals surface area contributed by atoms with Crippen molar-refractivity contribution in [3.8, 4) is 0 Å². The molecule has 5 heteroatoms. The Hall–Kier alpha value is -1.10. The van der Waals surface area contributed by atoms with Crippen LogP contribution in [-0.4, -0.2) is 38.5 Å². The fraction of sp³-hybridized carbons (Fsp3) is 0.778. The number of amides is 2. The first-order valence-corrected chi connectivity index (χ1v) is 4.93. The SMILES string of the molecule is CNC(=O)CNC(=O)C1[C@H]2CNC[C@@H]12. The zero-order valence-electron chi connectivity index (χ0n) is 8.17. The summed E-state index contributed by atoms with van der Waals surface area (Å²) in [5.41, 5.74) is 0. The lowest BCUT2D eigenvalue weighted by Crippen LogP contribution is -2.37. The summed E-state index contributed by atoms with van der Waals surface area (Å²) in [7, 11) is 1.56. The molecule has 2 aliphatic rings. The molecule has 1 aliphatic heterocycles. The number of piperidine rings is 1. The van der Waals surface area contributed by atoms with Gasteiger partial charge in [0.15, 0.2) is 0 Å². The number of fused-ring (bicyclic) bond motifs is 1. The molecule has 14 heavy (non-hydrogen) atoms. The molecule has 3 N–H and O–H groups in total. The van der Waals surface area contributed by atoms with E-state index in [0.29, 0.717) is 11.8 Å². The zero-order valence-corrected chi connectivity index (χ0v) is 8.17. The first-order chi connectivity index (χ1) is 6.74. The number of carbonyl (C=O) groups excluding carboxylic acids is 2. The number of hydrogen-bond acceptors (Lipinski definition) is 3. The van der Waals surface area contributed by atoms with Gasteiger partial charge in [-0.25, -0.2) is 0 Å². The third-order valence-corrected chi connectivity index (χ3v) is 3.10. The number of likely N-dealkylation sites (N-methyl/N-ethyl adjacent to an activating group) is 1. The fourth-order valence-corrected chi connectivity index (χ4v) is 2.18. The molecule has 2 amide bonds. The number of carbonyl (C=O) groups is 2. The highest BCUT2D eigenvalue weighted by atomic mass is 16.2. The van der Waals surface area contributed by atoms with Crippen LogP contribution in [0.1, 0.15) is 0 Å². The van der Waals surface area contributed by atoms with Gasteiger partial charge in [-0.05, 0) is 24.9 Å². The third-order valence-electron chi connectivity index (χ3n) is 3.10. The van der Waals surface area contributed by atoms with Crippen LogP contribution in [0.5, 0.6) is 0 Å². The molecule has 2 fully saturated rings. The van der Waals surface area contributed by atoms with E-state index in [1.165, 1.54) is 0 Å². The van der Waals surface area contributed by atoms with Gasteiger partial charge < -0.3 is 16.0 Å². The van der Waals surface area contributed by atoms with Crippen LogP contribution < -0.4 is 16.0 Å². The van der Waals surface area contributed by atoms with Crippen molar-refractivity contribution in [2.45, 2.75) is 0 Å². The Morgan fingerprint density at radius 1 is 1.36 bits per heavy atom. The highest BCUT2D eigenvalue weighted by molar-refractivity contribution is 5.87. The number of nitrogens with one attached hydrogen (secondary N) is 3. The Bertz CT molecular complexity index is 257. The topological polar surface area (TPSA) is 70.2 Å². The zero-order chi connectivity index (χ0) is 10.1. The second-order valence-corrected chi connectivity index (χ2v) is 3.90. The Morgan fingerprint density at radius 3 is 2.57 bits per heavy atom. The molecule has 0 bridgehead atoms. The van der Waals surface area contributed by atoms with Crippen molar-refractivity contribution in [1.29, 1.82) is 0 Å². The maximum absolute atomic E-state index is 11.5. The minimum Gasteiger partial charge on any atom is -0.358 e. The van der Waals surface area contributed by atoms with Gasteiger partial charge in [0.05, 0.1) is 6.54 Å². The van der Waals surface area contributed by atoms with Gasteiger partial charge in [-0.1, -0.05) is 0 Å². The van der Waals surface area contributed by atoms with Crippen molar-refractivity contribution >= 4 is 11.8 Å². The van der Waals surface area contributed by atoms with E-state index in [1.807, 2.05) is 0 Å². The predicted molar refractivity (Wildman–Crippen MR) is 50.4 cm³/mol. The largest absolute Gasteiger partial charge is 0.358 e. The van der Waals surface area contributed by atoms with Crippen molar-refractivity contribution in [1.82, 2.24) is 16.0 Å². The van der Waals surface area contributed by atoms with Crippen LogP contribution in [0.3, 0.4) is 0 Å². The summed E-state index contributed by atoms with van der Waals surface area (Å²) in [6.45, 7) is 1.99.